The lowest BCUT2D eigenvalue weighted by atomic mass is 10.0. The van der Waals surface area contributed by atoms with Crippen molar-refractivity contribution in [3.8, 4) is 0 Å². The maximum absolute atomic E-state index is 5.95. The Kier molecular flexibility index (Phi) is 5.90. The van der Waals surface area contributed by atoms with Crippen molar-refractivity contribution in [3.63, 3.8) is 0 Å². The second kappa shape index (κ2) is 7.68. The molecule has 0 amide bonds. The van der Waals surface area contributed by atoms with Crippen LogP contribution in [0.2, 0.25) is 4.34 Å². The van der Waals surface area contributed by atoms with Gasteiger partial charge in [-0.25, -0.2) is 0 Å². The van der Waals surface area contributed by atoms with Crippen molar-refractivity contribution >= 4 is 22.9 Å². The average Bonchev–Trinajstić information content (AvgIpc) is 2.84. The lowest BCUT2D eigenvalue weighted by Gasteiger charge is -2.18. The summed E-state index contributed by atoms with van der Waals surface area (Å²) < 4.78 is 0.878. The maximum atomic E-state index is 5.95. The zero-order valence-corrected chi connectivity index (χ0v) is 12.8. The van der Waals surface area contributed by atoms with E-state index in [-0.39, 0.29) is 0 Å². The summed E-state index contributed by atoms with van der Waals surface area (Å²) in [6.45, 7) is 3.23. The first-order valence-corrected chi connectivity index (χ1v) is 8.01. The van der Waals surface area contributed by atoms with Crippen LogP contribution in [0, 0.1) is 0 Å². The molecule has 2 aromatic rings. The van der Waals surface area contributed by atoms with Gasteiger partial charge in [-0.3, -0.25) is 0 Å². The second-order valence-electron chi connectivity index (χ2n) is 4.66. The van der Waals surface area contributed by atoms with Gasteiger partial charge < -0.3 is 5.32 Å². The molecule has 19 heavy (non-hydrogen) atoms. The van der Waals surface area contributed by atoms with Crippen LogP contribution in [0.25, 0.3) is 0 Å². The van der Waals surface area contributed by atoms with Crippen LogP contribution in [0.3, 0.4) is 0 Å². The standard InChI is InChI=1S/C16H20ClNS/c1-2-6-15(13-7-4-3-5-8-13)18-12-11-14-9-10-16(17)19-14/h3-5,7-10,15,18H,2,6,11-12H2,1H3. The van der Waals surface area contributed by atoms with Crippen LogP contribution in [-0.2, 0) is 6.42 Å². The molecular weight excluding hydrogens is 274 g/mol. The summed E-state index contributed by atoms with van der Waals surface area (Å²) in [5, 5.41) is 3.66. The fourth-order valence-electron chi connectivity index (χ4n) is 2.22. The van der Waals surface area contributed by atoms with Crippen LogP contribution in [0.15, 0.2) is 42.5 Å². The average molecular weight is 294 g/mol. The van der Waals surface area contributed by atoms with Crippen LogP contribution >= 0.6 is 22.9 Å². The smallest absolute Gasteiger partial charge is 0.0931 e. The predicted octanol–water partition coefficient (Wildman–Crippen LogP) is 5.08. The van der Waals surface area contributed by atoms with Gasteiger partial charge in [-0.15, -0.1) is 11.3 Å². The molecule has 0 aliphatic carbocycles. The van der Waals surface area contributed by atoms with Crippen LogP contribution in [0.5, 0.6) is 0 Å². The van der Waals surface area contributed by atoms with Crippen LogP contribution in [0.1, 0.15) is 36.2 Å². The monoisotopic (exact) mass is 293 g/mol. The minimum absolute atomic E-state index is 0.460. The van der Waals surface area contributed by atoms with Gasteiger partial charge >= 0.3 is 0 Å². The summed E-state index contributed by atoms with van der Waals surface area (Å²) in [5.74, 6) is 0. The highest BCUT2D eigenvalue weighted by Gasteiger charge is 2.09. The Labute approximate surface area is 124 Å². The molecule has 1 atom stereocenters. The number of hydrogen-bond donors (Lipinski definition) is 1. The molecule has 3 heteroatoms. The van der Waals surface area contributed by atoms with E-state index in [9.17, 15) is 0 Å². The molecule has 1 heterocycles. The largest absolute Gasteiger partial charge is 0.310 e. The van der Waals surface area contributed by atoms with Gasteiger partial charge in [0, 0.05) is 17.5 Å². The van der Waals surface area contributed by atoms with Gasteiger partial charge in [0.05, 0.1) is 4.34 Å². The van der Waals surface area contributed by atoms with Crippen molar-refractivity contribution in [2.45, 2.75) is 32.2 Å². The molecule has 1 aromatic heterocycles. The highest BCUT2D eigenvalue weighted by molar-refractivity contribution is 7.16. The normalized spacial score (nSPS) is 12.5. The van der Waals surface area contributed by atoms with Crippen molar-refractivity contribution in [3.05, 3.63) is 57.2 Å². The van der Waals surface area contributed by atoms with E-state index >= 15 is 0 Å². The van der Waals surface area contributed by atoms with Gasteiger partial charge in [-0.2, -0.15) is 0 Å². The third kappa shape index (κ3) is 4.64. The molecule has 0 bridgehead atoms. The fraction of sp³-hybridized carbons (Fsp3) is 0.375. The molecular formula is C16H20ClNS. The molecule has 0 radical (unpaired) electrons. The van der Waals surface area contributed by atoms with Gasteiger partial charge in [0.2, 0.25) is 0 Å². The fourth-order valence-corrected chi connectivity index (χ4v) is 3.30. The Bertz CT molecular complexity index is 481. The minimum Gasteiger partial charge on any atom is -0.310 e. The summed E-state index contributed by atoms with van der Waals surface area (Å²) in [5.41, 5.74) is 1.38. The summed E-state index contributed by atoms with van der Waals surface area (Å²) in [7, 11) is 0. The highest BCUT2D eigenvalue weighted by atomic mass is 35.5. The van der Waals surface area contributed by atoms with E-state index in [1.54, 1.807) is 11.3 Å². The molecule has 2 rings (SSSR count). The summed E-state index contributed by atoms with van der Waals surface area (Å²) in [4.78, 5) is 1.35. The summed E-state index contributed by atoms with van der Waals surface area (Å²) in [6, 6.07) is 15.2. The molecule has 0 saturated heterocycles. The Hall–Kier alpha value is -0.830. The van der Waals surface area contributed by atoms with Gasteiger partial charge in [0.15, 0.2) is 0 Å². The molecule has 1 N–H and O–H groups in total. The number of rotatable bonds is 7. The van der Waals surface area contributed by atoms with Crippen molar-refractivity contribution in [2.75, 3.05) is 6.54 Å². The van der Waals surface area contributed by atoms with Crippen molar-refractivity contribution in [2.24, 2.45) is 0 Å². The third-order valence-corrected chi connectivity index (χ3v) is 4.46. The molecule has 0 aliphatic rings. The molecule has 0 saturated carbocycles. The van der Waals surface area contributed by atoms with E-state index in [4.69, 9.17) is 11.6 Å². The quantitative estimate of drug-likeness (QED) is 0.751. The highest BCUT2D eigenvalue weighted by Crippen LogP contribution is 2.22. The minimum atomic E-state index is 0.460. The van der Waals surface area contributed by atoms with Crippen molar-refractivity contribution in [1.82, 2.24) is 5.32 Å². The molecule has 1 unspecified atom stereocenters. The van der Waals surface area contributed by atoms with Crippen LogP contribution in [0.4, 0.5) is 0 Å². The van der Waals surface area contributed by atoms with E-state index < -0.39 is 0 Å². The lowest BCUT2D eigenvalue weighted by Crippen LogP contribution is -2.23. The zero-order chi connectivity index (χ0) is 13.5. The van der Waals surface area contributed by atoms with Crippen LogP contribution in [-0.4, -0.2) is 6.54 Å². The molecule has 1 aromatic carbocycles. The lowest BCUT2D eigenvalue weighted by molar-refractivity contribution is 0.498. The van der Waals surface area contributed by atoms with Gasteiger partial charge in [-0.05, 0) is 30.5 Å². The Morgan fingerprint density at radius 2 is 1.95 bits per heavy atom. The van der Waals surface area contributed by atoms with Crippen LogP contribution < -0.4 is 5.32 Å². The first-order valence-electron chi connectivity index (χ1n) is 6.82. The Morgan fingerprint density at radius 3 is 2.58 bits per heavy atom. The van der Waals surface area contributed by atoms with Gasteiger partial charge in [0.25, 0.3) is 0 Å². The maximum Gasteiger partial charge on any atom is 0.0931 e. The van der Waals surface area contributed by atoms with E-state index in [2.05, 4.69) is 48.6 Å². The third-order valence-electron chi connectivity index (χ3n) is 3.17. The molecule has 0 aliphatic heterocycles. The van der Waals surface area contributed by atoms with E-state index in [0.29, 0.717) is 6.04 Å². The molecule has 0 fully saturated rings. The van der Waals surface area contributed by atoms with Crippen molar-refractivity contribution < 1.29 is 0 Å². The first-order chi connectivity index (χ1) is 9.29. The van der Waals surface area contributed by atoms with E-state index in [1.807, 2.05) is 6.07 Å². The zero-order valence-electron chi connectivity index (χ0n) is 11.2. The SMILES string of the molecule is CCCC(NCCc1ccc(Cl)s1)c1ccccc1. The number of hydrogen-bond acceptors (Lipinski definition) is 2. The van der Waals surface area contributed by atoms with Gasteiger partial charge in [0.1, 0.15) is 0 Å². The molecule has 102 valence electrons. The summed E-state index contributed by atoms with van der Waals surface area (Å²) in [6.07, 6.45) is 3.41. The van der Waals surface area contributed by atoms with E-state index in [1.165, 1.54) is 23.3 Å². The Balaban J connectivity index is 1.87. The van der Waals surface area contributed by atoms with E-state index in [0.717, 1.165) is 17.3 Å². The Morgan fingerprint density at radius 1 is 1.16 bits per heavy atom. The molecule has 1 nitrogen and oxygen atoms in total. The topological polar surface area (TPSA) is 12.0 Å². The number of nitrogens with one attached hydrogen (secondary N) is 1. The number of halogens is 1. The predicted molar refractivity (Wildman–Crippen MR) is 85.1 cm³/mol. The van der Waals surface area contributed by atoms with Crippen molar-refractivity contribution in [1.29, 1.82) is 0 Å². The molecule has 0 spiro atoms. The second-order valence-corrected chi connectivity index (χ2v) is 6.46. The number of thiophene rings is 1. The van der Waals surface area contributed by atoms with Gasteiger partial charge in [-0.1, -0.05) is 55.3 Å². The first kappa shape index (κ1) is 14.6. The summed E-state index contributed by atoms with van der Waals surface area (Å²) >= 11 is 7.62. The number of benzene rings is 1.